The Hall–Kier alpha value is -1.58. The zero-order valence-electron chi connectivity index (χ0n) is 12.1. The van der Waals surface area contributed by atoms with Crippen LogP contribution in [-0.2, 0) is 4.74 Å². The van der Waals surface area contributed by atoms with Crippen LogP contribution >= 0.6 is 0 Å². The first kappa shape index (κ1) is 13.4. The highest BCUT2D eigenvalue weighted by Gasteiger charge is 2.26. The molecular formula is C17H21NO2. The van der Waals surface area contributed by atoms with Crippen LogP contribution in [0.2, 0.25) is 0 Å². The van der Waals surface area contributed by atoms with Gasteiger partial charge in [-0.2, -0.15) is 0 Å². The summed E-state index contributed by atoms with van der Waals surface area (Å²) in [5, 5.41) is 5.92. The molecule has 1 saturated heterocycles. The van der Waals surface area contributed by atoms with E-state index in [-0.39, 0.29) is 12.2 Å². The molecule has 2 atom stereocenters. The fourth-order valence-corrected chi connectivity index (χ4v) is 2.90. The van der Waals surface area contributed by atoms with Gasteiger partial charge in [0.2, 0.25) is 0 Å². The maximum absolute atomic E-state index is 6.23. The summed E-state index contributed by atoms with van der Waals surface area (Å²) < 4.78 is 11.8. The largest absolute Gasteiger partial charge is 0.496 e. The standard InChI is InChI=1S/C17H21NO2/c1-3-13-10-18-11-16(20-13)17-14-7-5-4-6-12(14)8-9-15(17)19-2/h4-9,13,16,18H,3,10-11H2,1-2H3. The molecule has 3 heteroatoms. The first-order valence-corrected chi connectivity index (χ1v) is 7.25. The zero-order valence-corrected chi connectivity index (χ0v) is 12.1. The lowest BCUT2D eigenvalue weighted by atomic mass is 9.98. The number of hydrogen-bond donors (Lipinski definition) is 1. The average Bonchev–Trinajstić information content (AvgIpc) is 2.53. The topological polar surface area (TPSA) is 30.5 Å². The number of hydrogen-bond acceptors (Lipinski definition) is 3. The van der Waals surface area contributed by atoms with E-state index in [9.17, 15) is 0 Å². The van der Waals surface area contributed by atoms with Crippen molar-refractivity contribution >= 4 is 10.8 Å². The molecule has 2 unspecified atom stereocenters. The SMILES string of the molecule is CCC1CNCC(c2c(OC)ccc3ccccc23)O1. The van der Waals surface area contributed by atoms with Crippen molar-refractivity contribution in [1.29, 1.82) is 0 Å². The van der Waals surface area contributed by atoms with E-state index in [1.165, 1.54) is 10.8 Å². The molecule has 106 valence electrons. The zero-order chi connectivity index (χ0) is 13.9. The molecule has 1 N–H and O–H groups in total. The van der Waals surface area contributed by atoms with Crippen molar-refractivity contribution in [3.63, 3.8) is 0 Å². The molecule has 0 radical (unpaired) electrons. The van der Waals surface area contributed by atoms with Crippen molar-refractivity contribution in [2.45, 2.75) is 25.6 Å². The van der Waals surface area contributed by atoms with E-state index in [4.69, 9.17) is 9.47 Å². The predicted octanol–water partition coefficient (Wildman–Crippen LogP) is 3.29. The van der Waals surface area contributed by atoms with Crippen LogP contribution in [0, 0.1) is 0 Å². The maximum atomic E-state index is 6.23. The second kappa shape index (κ2) is 5.81. The molecule has 1 aliphatic heterocycles. The molecule has 0 spiro atoms. The highest BCUT2D eigenvalue weighted by atomic mass is 16.5. The molecule has 1 fully saturated rings. The Morgan fingerprint density at radius 2 is 2.05 bits per heavy atom. The Kier molecular flexibility index (Phi) is 3.90. The van der Waals surface area contributed by atoms with Crippen LogP contribution in [-0.4, -0.2) is 26.3 Å². The summed E-state index contributed by atoms with van der Waals surface area (Å²) in [5.41, 5.74) is 1.16. The van der Waals surface area contributed by atoms with Crippen LogP contribution in [0.4, 0.5) is 0 Å². The summed E-state index contributed by atoms with van der Waals surface area (Å²) in [7, 11) is 1.72. The Morgan fingerprint density at radius 1 is 1.20 bits per heavy atom. The Balaban J connectivity index is 2.08. The molecule has 0 bridgehead atoms. The van der Waals surface area contributed by atoms with E-state index < -0.39 is 0 Å². The molecule has 0 aromatic heterocycles. The Labute approximate surface area is 119 Å². The lowest BCUT2D eigenvalue weighted by molar-refractivity contribution is -0.0401. The number of benzene rings is 2. The number of methoxy groups -OCH3 is 1. The molecule has 0 aliphatic carbocycles. The molecule has 1 aliphatic rings. The van der Waals surface area contributed by atoms with Gasteiger partial charge in [-0.1, -0.05) is 37.3 Å². The molecule has 1 heterocycles. The van der Waals surface area contributed by atoms with Gasteiger partial charge in [0.15, 0.2) is 0 Å². The molecular weight excluding hydrogens is 250 g/mol. The number of ether oxygens (including phenoxy) is 2. The summed E-state index contributed by atoms with van der Waals surface area (Å²) in [6, 6.07) is 12.5. The minimum atomic E-state index is 0.0507. The van der Waals surface area contributed by atoms with Crippen LogP contribution in [0.3, 0.4) is 0 Å². The number of fused-ring (bicyclic) bond motifs is 1. The minimum Gasteiger partial charge on any atom is -0.496 e. The maximum Gasteiger partial charge on any atom is 0.125 e. The number of morpholine rings is 1. The van der Waals surface area contributed by atoms with E-state index in [2.05, 4.69) is 42.6 Å². The van der Waals surface area contributed by atoms with Gasteiger partial charge < -0.3 is 14.8 Å². The highest BCUT2D eigenvalue weighted by Crippen LogP contribution is 2.36. The van der Waals surface area contributed by atoms with Crippen molar-refractivity contribution in [1.82, 2.24) is 5.32 Å². The van der Waals surface area contributed by atoms with Crippen LogP contribution in [0.1, 0.15) is 25.0 Å². The summed E-state index contributed by atoms with van der Waals surface area (Å²) in [6.07, 6.45) is 1.35. The van der Waals surface area contributed by atoms with Crippen molar-refractivity contribution in [3.05, 3.63) is 42.0 Å². The molecule has 0 amide bonds. The molecule has 3 rings (SSSR count). The van der Waals surface area contributed by atoms with Crippen molar-refractivity contribution in [2.75, 3.05) is 20.2 Å². The number of nitrogens with one attached hydrogen (secondary N) is 1. The van der Waals surface area contributed by atoms with E-state index >= 15 is 0 Å². The smallest absolute Gasteiger partial charge is 0.125 e. The lowest BCUT2D eigenvalue weighted by Gasteiger charge is -2.32. The van der Waals surface area contributed by atoms with Gasteiger partial charge in [0.25, 0.3) is 0 Å². The third-order valence-electron chi connectivity index (χ3n) is 3.99. The van der Waals surface area contributed by atoms with E-state index in [1.54, 1.807) is 7.11 Å². The normalized spacial score (nSPS) is 22.9. The molecule has 2 aromatic carbocycles. The second-order valence-electron chi connectivity index (χ2n) is 5.22. The summed E-state index contributed by atoms with van der Waals surface area (Å²) >= 11 is 0. The van der Waals surface area contributed by atoms with Crippen molar-refractivity contribution < 1.29 is 9.47 Å². The van der Waals surface area contributed by atoms with Crippen LogP contribution in [0.25, 0.3) is 10.8 Å². The summed E-state index contributed by atoms with van der Waals surface area (Å²) in [6.45, 7) is 3.93. The van der Waals surface area contributed by atoms with Crippen LogP contribution in [0.5, 0.6) is 5.75 Å². The van der Waals surface area contributed by atoms with Gasteiger partial charge in [-0.15, -0.1) is 0 Å². The number of rotatable bonds is 3. The first-order chi connectivity index (χ1) is 9.83. The summed E-state index contributed by atoms with van der Waals surface area (Å²) in [4.78, 5) is 0. The van der Waals surface area contributed by atoms with Gasteiger partial charge in [-0.25, -0.2) is 0 Å². The van der Waals surface area contributed by atoms with Gasteiger partial charge in [0, 0.05) is 18.7 Å². The monoisotopic (exact) mass is 271 g/mol. The fourth-order valence-electron chi connectivity index (χ4n) is 2.90. The summed E-state index contributed by atoms with van der Waals surface area (Å²) in [5.74, 6) is 0.909. The Bertz CT molecular complexity index is 597. The van der Waals surface area contributed by atoms with Gasteiger partial charge >= 0.3 is 0 Å². The lowest BCUT2D eigenvalue weighted by Crippen LogP contribution is -2.40. The fraction of sp³-hybridized carbons (Fsp3) is 0.412. The van der Waals surface area contributed by atoms with Crippen LogP contribution in [0.15, 0.2) is 36.4 Å². The first-order valence-electron chi connectivity index (χ1n) is 7.25. The third-order valence-corrected chi connectivity index (χ3v) is 3.99. The average molecular weight is 271 g/mol. The molecule has 0 saturated carbocycles. The van der Waals surface area contributed by atoms with Crippen LogP contribution < -0.4 is 10.1 Å². The van der Waals surface area contributed by atoms with Gasteiger partial charge in [0.1, 0.15) is 5.75 Å². The molecule has 3 nitrogen and oxygen atoms in total. The van der Waals surface area contributed by atoms with E-state index in [0.717, 1.165) is 30.8 Å². The van der Waals surface area contributed by atoms with Crippen molar-refractivity contribution in [2.24, 2.45) is 0 Å². The van der Waals surface area contributed by atoms with Gasteiger partial charge in [-0.3, -0.25) is 0 Å². The Morgan fingerprint density at radius 3 is 2.85 bits per heavy atom. The molecule has 20 heavy (non-hydrogen) atoms. The minimum absolute atomic E-state index is 0.0507. The van der Waals surface area contributed by atoms with E-state index in [0.29, 0.717) is 0 Å². The van der Waals surface area contributed by atoms with E-state index in [1.807, 2.05) is 6.07 Å². The predicted molar refractivity (Wildman–Crippen MR) is 81.3 cm³/mol. The highest BCUT2D eigenvalue weighted by molar-refractivity contribution is 5.88. The second-order valence-corrected chi connectivity index (χ2v) is 5.22. The quantitative estimate of drug-likeness (QED) is 0.929. The van der Waals surface area contributed by atoms with Gasteiger partial charge in [0.05, 0.1) is 19.3 Å². The van der Waals surface area contributed by atoms with Crippen molar-refractivity contribution in [3.8, 4) is 5.75 Å². The molecule has 2 aromatic rings. The third kappa shape index (κ3) is 2.39. The van der Waals surface area contributed by atoms with Gasteiger partial charge in [-0.05, 0) is 23.3 Å².